The highest BCUT2D eigenvalue weighted by molar-refractivity contribution is 7.99. The SMILES string of the molecule is CCNCCn1nnnc1SCCC(C)(C)C#N. The van der Waals surface area contributed by atoms with Gasteiger partial charge in [-0.2, -0.15) is 5.26 Å². The molecule has 18 heavy (non-hydrogen) atoms. The molecular formula is C11H20N6S. The smallest absolute Gasteiger partial charge is 0.209 e. The van der Waals surface area contributed by atoms with Crippen LogP contribution in [0.5, 0.6) is 0 Å². The first-order valence-corrected chi connectivity index (χ1v) is 7.08. The number of nitriles is 1. The molecule has 6 nitrogen and oxygen atoms in total. The van der Waals surface area contributed by atoms with Crippen molar-refractivity contribution in [3.8, 4) is 6.07 Å². The summed E-state index contributed by atoms with van der Waals surface area (Å²) in [5.41, 5.74) is -0.283. The Kier molecular flexibility index (Phi) is 6.09. The number of nitrogens with one attached hydrogen (secondary N) is 1. The highest BCUT2D eigenvalue weighted by Gasteiger charge is 2.17. The van der Waals surface area contributed by atoms with Gasteiger partial charge in [0.2, 0.25) is 5.16 Å². The number of hydrogen-bond acceptors (Lipinski definition) is 6. The molecule has 1 N–H and O–H groups in total. The molecule has 0 spiro atoms. The van der Waals surface area contributed by atoms with Gasteiger partial charge < -0.3 is 5.32 Å². The van der Waals surface area contributed by atoms with Gasteiger partial charge in [0, 0.05) is 12.3 Å². The van der Waals surface area contributed by atoms with Gasteiger partial charge in [-0.15, -0.1) is 5.10 Å². The first-order chi connectivity index (χ1) is 8.59. The van der Waals surface area contributed by atoms with E-state index in [2.05, 4.69) is 33.8 Å². The van der Waals surface area contributed by atoms with E-state index in [4.69, 9.17) is 5.26 Å². The zero-order chi connectivity index (χ0) is 13.4. The fraction of sp³-hybridized carbons (Fsp3) is 0.818. The molecule has 0 bridgehead atoms. The molecular weight excluding hydrogens is 248 g/mol. The summed E-state index contributed by atoms with van der Waals surface area (Å²) in [5.74, 6) is 0.849. The molecule has 7 heteroatoms. The van der Waals surface area contributed by atoms with Crippen LogP contribution in [0.3, 0.4) is 0 Å². The van der Waals surface area contributed by atoms with Crippen LogP contribution in [0.1, 0.15) is 27.2 Å². The lowest BCUT2D eigenvalue weighted by Crippen LogP contribution is -2.20. The summed E-state index contributed by atoms with van der Waals surface area (Å²) in [7, 11) is 0. The van der Waals surface area contributed by atoms with E-state index in [-0.39, 0.29) is 5.41 Å². The quantitative estimate of drug-likeness (QED) is 0.566. The van der Waals surface area contributed by atoms with E-state index in [1.807, 2.05) is 13.8 Å². The molecule has 1 aromatic rings. The molecule has 1 aromatic heterocycles. The number of tetrazole rings is 1. The minimum absolute atomic E-state index is 0.283. The molecule has 0 radical (unpaired) electrons. The fourth-order valence-corrected chi connectivity index (χ4v) is 2.42. The molecule has 0 saturated carbocycles. The average Bonchev–Trinajstić information content (AvgIpc) is 2.77. The summed E-state index contributed by atoms with van der Waals surface area (Å²) in [6, 6.07) is 2.30. The summed E-state index contributed by atoms with van der Waals surface area (Å²) >= 11 is 1.60. The van der Waals surface area contributed by atoms with Crippen LogP contribution in [0.25, 0.3) is 0 Å². The van der Waals surface area contributed by atoms with Crippen molar-refractivity contribution in [3.05, 3.63) is 0 Å². The molecule has 0 unspecified atom stereocenters. The van der Waals surface area contributed by atoms with Crippen LogP contribution in [0, 0.1) is 16.7 Å². The van der Waals surface area contributed by atoms with E-state index in [9.17, 15) is 0 Å². The third-order valence-corrected chi connectivity index (χ3v) is 3.47. The molecule has 1 heterocycles. The zero-order valence-electron chi connectivity index (χ0n) is 11.2. The van der Waals surface area contributed by atoms with E-state index in [0.29, 0.717) is 0 Å². The second-order valence-corrected chi connectivity index (χ2v) is 5.69. The van der Waals surface area contributed by atoms with Crippen molar-refractivity contribution in [3.63, 3.8) is 0 Å². The van der Waals surface area contributed by atoms with E-state index < -0.39 is 0 Å². The Morgan fingerprint density at radius 3 is 2.94 bits per heavy atom. The lowest BCUT2D eigenvalue weighted by molar-refractivity contribution is 0.480. The summed E-state index contributed by atoms with van der Waals surface area (Å²) < 4.78 is 1.80. The second-order valence-electron chi connectivity index (χ2n) is 4.63. The zero-order valence-corrected chi connectivity index (χ0v) is 12.0. The Morgan fingerprint density at radius 2 is 2.28 bits per heavy atom. The average molecular weight is 268 g/mol. The summed E-state index contributed by atoms with van der Waals surface area (Å²) in [5, 5.41) is 24.6. The first-order valence-electron chi connectivity index (χ1n) is 6.10. The summed E-state index contributed by atoms with van der Waals surface area (Å²) in [6.45, 7) is 8.53. The minimum Gasteiger partial charge on any atom is -0.315 e. The van der Waals surface area contributed by atoms with Crippen LogP contribution in [0.2, 0.25) is 0 Å². The monoisotopic (exact) mass is 268 g/mol. The first kappa shape index (κ1) is 14.9. The maximum Gasteiger partial charge on any atom is 0.209 e. The number of rotatable bonds is 8. The van der Waals surface area contributed by atoms with Gasteiger partial charge in [-0.25, -0.2) is 4.68 Å². The number of likely N-dealkylation sites (N-methyl/N-ethyl adjacent to an activating group) is 1. The third kappa shape index (κ3) is 5.02. The van der Waals surface area contributed by atoms with Gasteiger partial charge in [0.25, 0.3) is 0 Å². The third-order valence-electron chi connectivity index (χ3n) is 2.51. The lowest BCUT2D eigenvalue weighted by atomic mass is 9.93. The number of hydrogen-bond donors (Lipinski definition) is 1. The Morgan fingerprint density at radius 1 is 1.50 bits per heavy atom. The van der Waals surface area contributed by atoms with Crippen LogP contribution in [0.15, 0.2) is 5.16 Å². The Balaban J connectivity index is 2.39. The highest BCUT2D eigenvalue weighted by Crippen LogP contribution is 2.24. The molecule has 0 amide bonds. The second kappa shape index (κ2) is 7.34. The van der Waals surface area contributed by atoms with E-state index in [1.54, 1.807) is 16.4 Å². The van der Waals surface area contributed by atoms with Crippen LogP contribution < -0.4 is 5.32 Å². The van der Waals surface area contributed by atoms with Gasteiger partial charge in [-0.05, 0) is 37.2 Å². The summed E-state index contributed by atoms with van der Waals surface area (Å²) in [4.78, 5) is 0. The maximum atomic E-state index is 8.94. The number of aromatic nitrogens is 4. The molecule has 1 rings (SSSR count). The van der Waals surface area contributed by atoms with Crippen molar-refractivity contribution >= 4 is 11.8 Å². The predicted octanol–water partition coefficient (Wildman–Crippen LogP) is 1.31. The number of nitrogens with zero attached hydrogens (tertiary/aromatic N) is 5. The Labute approximate surface area is 112 Å². The topological polar surface area (TPSA) is 79.4 Å². The van der Waals surface area contributed by atoms with Crippen LogP contribution >= 0.6 is 11.8 Å². The van der Waals surface area contributed by atoms with Crippen LogP contribution in [0.4, 0.5) is 0 Å². The molecule has 0 aliphatic carbocycles. The van der Waals surface area contributed by atoms with E-state index in [1.165, 1.54) is 0 Å². The maximum absolute atomic E-state index is 8.94. The van der Waals surface area contributed by atoms with Gasteiger partial charge in [0.05, 0.1) is 18.0 Å². The number of thioether (sulfide) groups is 1. The predicted molar refractivity (Wildman–Crippen MR) is 71.1 cm³/mol. The Hall–Kier alpha value is -1.13. The van der Waals surface area contributed by atoms with Gasteiger partial charge >= 0.3 is 0 Å². The fourth-order valence-electron chi connectivity index (χ4n) is 1.26. The normalized spacial score (nSPS) is 11.4. The molecule has 100 valence electrons. The molecule has 0 aliphatic heterocycles. The van der Waals surface area contributed by atoms with Crippen molar-refractivity contribution in [2.45, 2.75) is 38.9 Å². The van der Waals surface area contributed by atoms with Crippen molar-refractivity contribution in [1.82, 2.24) is 25.5 Å². The standard InChI is InChI=1S/C11H20N6S/c1-4-13-6-7-17-10(14-15-16-17)18-8-5-11(2,3)9-12/h13H,4-8H2,1-3H3. The van der Waals surface area contributed by atoms with Gasteiger partial charge in [0.15, 0.2) is 0 Å². The Bertz CT molecular complexity index is 394. The minimum atomic E-state index is -0.283. The van der Waals surface area contributed by atoms with Crippen molar-refractivity contribution in [2.24, 2.45) is 5.41 Å². The van der Waals surface area contributed by atoms with Crippen molar-refractivity contribution in [1.29, 1.82) is 5.26 Å². The van der Waals surface area contributed by atoms with Gasteiger partial charge in [0.1, 0.15) is 0 Å². The van der Waals surface area contributed by atoms with Crippen molar-refractivity contribution < 1.29 is 0 Å². The van der Waals surface area contributed by atoms with E-state index in [0.717, 1.165) is 37.0 Å². The molecule has 0 aromatic carbocycles. The van der Waals surface area contributed by atoms with Gasteiger partial charge in [-0.1, -0.05) is 18.7 Å². The summed E-state index contributed by atoms with van der Waals surface area (Å²) in [6.07, 6.45) is 0.828. The van der Waals surface area contributed by atoms with Crippen LogP contribution in [-0.2, 0) is 6.54 Å². The van der Waals surface area contributed by atoms with Crippen LogP contribution in [-0.4, -0.2) is 39.0 Å². The molecule has 0 aliphatic rings. The molecule has 0 saturated heterocycles. The van der Waals surface area contributed by atoms with E-state index >= 15 is 0 Å². The molecule has 0 fully saturated rings. The van der Waals surface area contributed by atoms with Crippen molar-refractivity contribution in [2.75, 3.05) is 18.8 Å². The van der Waals surface area contributed by atoms with Gasteiger partial charge in [-0.3, -0.25) is 0 Å². The largest absolute Gasteiger partial charge is 0.315 e. The highest BCUT2D eigenvalue weighted by atomic mass is 32.2. The lowest BCUT2D eigenvalue weighted by Gasteiger charge is -2.13. The molecule has 0 atom stereocenters.